The molecule has 0 aromatic carbocycles. The van der Waals surface area contributed by atoms with Crippen LogP contribution in [0.5, 0.6) is 0 Å². The summed E-state index contributed by atoms with van der Waals surface area (Å²) >= 11 is 0. The van der Waals surface area contributed by atoms with Crippen LogP contribution in [-0.2, 0) is 9.47 Å². The topological polar surface area (TPSA) is 58.9 Å². The Morgan fingerprint density at radius 1 is 1.17 bits per heavy atom. The lowest BCUT2D eigenvalue weighted by Gasteiger charge is -2.39. The molecule has 4 heteroatoms. The molecule has 1 saturated heterocycles. The number of hydrogen-bond donors (Lipinski definition) is 2. The van der Waals surface area contributed by atoms with Crippen molar-refractivity contribution in [3.8, 4) is 0 Å². The number of aliphatic hydroxyl groups excluding tert-OH is 2. The van der Waals surface area contributed by atoms with Crippen LogP contribution >= 0.6 is 0 Å². The normalized spacial score (nSPS) is 49.2. The molecule has 1 heterocycles. The van der Waals surface area contributed by atoms with E-state index < -0.39 is 18.5 Å². The van der Waals surface area contributed by atoms with Crippen LogP contribution in [0.1, 0.15) is 13.8 Å². The second-order valence-electron chi connectivity index (χ2n) is 3.29. The van der Waals surface area contributed by atoms with E-state index in [-0.39, 0.29) is 12.0 Å². The third-order valence-corrected chi connectivity index (χ3v) is 2.49. The van der Waals surface area contributed by atoms with Crippen molar-refractivity contribution >= 4 is 0 Å². The highest BCUT2D eigenvalue weighted by Crippen LogP contribution is 2.25. The number of rotatable bonds is 1. The molecule has 72 valence electrons. The molecule has 0 aromatic heterocycles. The Balaban J connectivity index is 2.63. The zero-order chi connectivity index (χ0) is 9.30. The summed E-state index contributed by atoms with van der Waals surface area (Å²) in [5, 5.41) is 18.9. The van der Waals surface area contributed by atoms with E-state index in [0.717, 1.165) is 0 Å². The Morgan fingerprint density at radius 2 is 1.75 bits per heavy atom. The van der Waals surface area contributed by atoms with Gasteiger partial charge in [-0.15, -0.1) is 0 Å². The molecule has 0 saturated carbocycles. The molecule has 5 atom stereocenters. The van der Waals surface area contributed by atoms with E-state index in [9.17, 15) is 10.2 Å². The van der Waals surface area contributed by atoms with Crippen LogP contribution in [0, 0.1) is 5.92 Å². The van der Waals surface area contributed by atoms with Gasteiger partial charge in [0, 0.05) is 13.0 Å². The molecule has 0 aromatic rings. The van der Waals surface area contributed by atoms with E-state index in [1.54, 1.807) is 0 Å². The van der Waals surface area contributed by atoms with Crippen molar-refractivity contribution in [3.05, 3.63) is 0 Å². The van der Waals surface area contributed by atoms with Gasteiger partial charge in [-0.05, 0) is 6.92 Å². The minimum Gasteiger partial charge on any atom is -0.390 e. The summed E-state index contributed by atoms with van der Waals surface area (Å²) in [6, 6.07) is 0. The predicted octanol–water partition coefficient (Wildman–Crippen LogP) is -0.264. The SMILES string of the molecule is COC1OC(C)[C@H](C)C(O)C1O. The van der Waals surface area contributed by atoms with Gasteiger partial charge in [0.1, 0.15) is 6.10 Å². The second-order valence-corrected chi connectivity index (χ2v) is 3.29. The highest BCUT2D eigenvalue weighted by Gasteiger charge is 2.40. The summed E-state index contributed by atoms with van der Waals surface area (Å²) in [5.74, 6) is -0.0635. The van der Waals surface area contributed by atoms with E-state index in [1.807, 2.05) is 13.8 Å². The zero-order valence-corrected chi connectivity index (χ0v) is 7.60. The van der Waals surface area contributed by atoms with Crippen molar-refractivity contribution in [2.75, 3.05) is 7.11 Å². The highest BCUT2D eigenvalue weighted by molar-refractivity contribution is 4.84. The third kappa shape index (κ3) is 1.61. The van der Waals surface area contributed by atoms with E-state index in [0.29, 0.717) is 0 Å². The molecule has 0 radical (unpaired) electrons. The van der Waals surface area contributed by atoms with Crippen molar-refractivity contribution in [2.45, 2.75) is 38.4 Å². The van der Waals surface area contributed by atoms with E-state index in [4.69, 9.17) is 9.47 Å². The summed E-state index contributed by atoms with van der Waals surface area (Å²) < 4.78 is 10.2. The van der Waals surface area contributed by atoms with Crippen molar-refractivity contribution in [1.82, 2.24) is 0 Å². The lowest BCUT2D eigenvalue weighted by atomic mass is 9.92. The van der Waals surface area contributed by atoms with Gasteiger partial charge in [-0.25, -0.2) is 0 Å². The van der Waals surface area contributed by atoms with Gasteiger partial charge in [-0.3, -0.25) is 0 Å². The van der Waals surface area contributed by atoms with Crippen molar-refractivity contribution < 1.29 is 19.7 Å². The maximum atomic E-state index is 9.51. The first-order valence-electron chi connectivity index (χ1n) is 4.12. The number of ether oxygens (including phenoxy) is 2. The molecule has 1 aliphatic rings. The van der Waals surface area contributed by atoms with Gasteiger partial charge >= 0.3 is 0 Å². The maximum Gasteiger partial charge on any atom is 0.185 e. The molecule has 12 heavy (non-hydrogen) atoms. The summed E-state index contributed by atoms with van der Waals surface area (Å²) in [6.07, 6.45) is -2.50. The van der Waals surface area contributed by atoms with E-state index in [1.165, 1.54) is 7.11 Å². The van der Waals surface area contributed by atoms with Crippen LogP contribution in [-0.4, -0.2) is 41.9 Å². The predicted molar refractivity (Wildman–Crippen MR) is 42.5 cm³/mol. The van der Waals surface area contributed by atoms with Crippen LogP contribution < -0.4 is 0 Å². The molecule has 1 aliphatic heterocycles. The van der Waals surface area contributed by atoms with Crippen LogP contribution in [0.15, 0.2) is 0 Å². The average Bonchev–Trinajstić information content (AvgIpc) is 2.08. The number of methoxy groups -OCH3 is 1. The van der Waals surface area contributed by atoms with Crippen LogP contribution in [0.2, 0.25) is 0 Å². The summed E-state index contributed by atoms with van der Waals surface area (Å²) in [5.41, 5.74) is 0. The first-order chi connectivity index (χ1) is 5.57. The molecule has 0 aliphatic carbocycles. The Bertz CT molecular complexity index is 145. The molecule has 0 spiro atoms. The first-order valence-corrected chi connectivity index (χ1v) is 4.12. The molecule has 4 nitrogen and oxygen atoms in total. The highest BCUT2D eigenvalue weighted by atomic mass is 16.7. The molecule has 4 unspecified atom stereocenters. The molecular weight excluding hydrogens is 160 g/mol. The van der Waals surface area contributed by atoms with Gasteiger partial charge in [-0.2, -0.15) is 0 Å². The van der Waals surface area contributed by atoms with Gasteiger partial charge in [0.2, 0.25) is 0 Å². The average molecular weight is 176 g/mol. The zero-order valence-electron chi connectivity index (χ0n) is 7.60. The van der Waals surface area contributed by atoms with Crippen LogP contribution in [0.25, 0.3) is 0 Å². The Morgan fingerprint density at radius 3 is 2.25 bits per heavy atom. The molecular formula is C8H16O4. The summed E-state index contributed by atoms with van der Waals surface area (Å²) in [6.45, 7) is 3.69. The monoisotopic (exact) mass is 176 g/mol. The largest absolute Gasteiger partial charge is 0.390 e. The Kier molecular flexibility index (Phi) is 3.06. The van der Waals surface area contributed by atoms with Crippen molar-refractivity contribution in [2.24, 2.45) is 5.92 Å². The van der Waals surface area contributed by atoms with Gasteiger partial charge in [0.15, 0.2) is 6.29 Å². The van der Waals surface area contributed by atoms with Gasteiger partial charge in [-0.1, -0.05) is 6.92 Å². The van der Waals surface area contributed by atoms with E-state index >= 15 is 0 Å². The lowest BCUT2D eigenvalue weighted by molar-refractivity contribution is -0.271. The van der Waals surface area contributed by atoms with Crippen LogP contribution in [0.3, 0.4) is 0 Å². The molecule has 0 bridgehead atoms. The van der Waals surface area contributed by atoms with Gasteiger partial charge < -0.3 is 19.7 Å². The quantitative estimate of drug-likeness (QED) is 0.577. The molecule has 1 fully saturated rings. The van der Waals surface area contributed by atoms with Gasteiger partial charge in [0.05, 0.1) is 12.2 Å². The molecule has 1 rings (SSSR count). The van der Waals surface area contributed by atoms with Crippen molar-refractivity contribution in [3.63, 3.8) is 0 Å². The number of hydrogen-bond acceptors (Lipinski definition) is 4. The Labute approximate surface area is 72.1 Å². The number of aliphatic hydroxyl groups is 2. The molecule has 2 N–H and O–H groups in total. The second kappa shape index (κ2) is 3.70. The minimum absolute atomic E-state index is 0.0635. The molecule has 0 amide bonds. The third-order valence-electron chi connectivity index (χ3n) is 2.49. The standard InChI is InChI=1S/C8H16O4/c1-4-5(2)12-8(11-3)7(10)6(4)9/h4-10H,1-3H3/t4-,5?,6?,7?,8?/m0/s1. The first kappa shape index (κ1) is 9.92. The summed E-state index contributed by atoms with van der Waals surface area (Å²) in [4.78, 5) is 0. The summed E-state index contributed by atoms with van der Waals surface area (Å²) in [7, 11) is 1.45. The maximum absolute atomic E-state index is 9.51. The van der Waals surface area contributed by atoms with Crippen LogP contribution in [0.4, 0.5) is 0 Å². The smallest absolute Gasteiger partial charge is 0.185 e. The fourth-order valence-corrected chi connectivity index (χ4v) is 1.36. The fraction of sp³-hybridized carbons (Fsp3) is 1.00. The van der Waals surface area contributed by atoms with Crippen molar-refractivity contribution in [1.29, 1.82) is 0 Å². The van der Waals surface area contributed by atoms with E-state index in [2.05, 4.69) is 0 Å². The van der Waals surface area contributed by atoms with Gasteiger partial charge in [0.25, 0.3) is 0 Å². The Hall–Kier alpha value is -0.160. The minimum atomic E-state index is -0.943. The fourth-order valence-electron chi connectivity index (χ4n) is 1.36. The lowest BCUT2D eigenvalue weighted by Crippen LogP contribution is -2.53.